The predicted octanol–water partition coefficient (Wildman–Crippen LogP) is 5.64. The summed E-state index contributed by atoms with van der Waals surface area (Å²) in [7, 11) is 0. The summed E-state index contributed by atoms with van der Waals surface area (Å²) in [6, 6.07) is 10.1. The highest BCUT2D eigenvalue weighted by molar-refractivity contribution is 6.32. The molecule has 2 aromatic carbocycles. The molecule has 1 amide bonds. The smallest absolute Gasteiger partial charge is 0.333 e. The van der Waals surface area contributed by atoms with E-state index in [-0.39, 0.29) is 23.1 Å². The second-order valence-corrected chi connectivity index (χ2v) is 12.0. The first-order chi connectivity index (χ1) is 20.8. The molecule has 44 heavy (non-hydrogen) atoms. The van der Waals surface area contributed by atoms with Crippen LogP contribution in [0, 0.1) is 5.41 Å². The van der Waals surface area contributed by atoms with Crippen molar-refractivity contribution in [2.24, 2.45) is 16.1 Å². The van der Waals surface area contributed by atoms with Crippen LogP contribution in [0.5, 0.6) is 0 Å². The Morgan fingerprint density at radius 2 is 1.75 bits per heavy atom. The summed E-state index contributed by atoms with van der Waals surface area (Å²) < 4.78 is 54.6. The highest BCUT2D eigenvalue weighted by Crippen LogP contribution is 2.45. The molecule has 15 heteroatoms. The van der Waals surface area contributed by atoms with Gasteiger partial charge in [-0.05, 0) is 40.7 Å². The molecule has 2 atom stereocenters. The fourth-order valence-corrected chi connectivity index (χ4v) is 5.62. The summed E-state index contributed by atoms with van der Waals surface area (Å²) in [4.78, 5) is 23.9. The number of aliphatic hydroxyl groups is 1. The topological polar surface area (TPSA) is 127 Å². The van der Waals surface area contributed by atoms with Crippen LogP contribution < -0.4 is 5.73 Å². The number of aromatic nitrogens is 5. The van der Waals surface area contributed by atoms with E-state index >= 15 is 0 Å². The number of hydrogen-bond donors (Lipinski definition) is 2. The van der Waals surface area contributed by atoms with E-state index in [4.69, 9.17) is 17.3 Å². The number of guanidine groups is 1. The number of aliphatic imine (C=N–C) groups is 1. The third-order valence-electron chi connectivity index (χ3n) is 7.25. The fourth-order valence-electron chi connectivity index (χ4n) is 5.43. The molecule has 5 rings (SSSR count). The number of rotatable bonds is 9. The van der Waals surface area contributed by atoms with Gasteiger partial charge in [-0.3, -0.25) is 9.69 Å². The fraction of sp³-hybridized carbons (Fsp3) is 0.345. The number of halogens is 5. The molecule has 0 spiro atoms. The van der Waals surface area contributed by atoms with E-state index in [0.717, 1.165) is 11.0 Å². The molecule has 3 N–H and O–H groups in total. The maximum absolute atomic E-state index is 14.4. The van der Waals surface area contributed by atoms with Gasteiger partial charge in [-0.1, -0.05) is 62.7 Å². The number of nitrogens with two attached hydrogens (primary N) is 1. The number of nitrogens with zero attached hydrogens (tertiary/aromatic N) is 7. The third kappa shape index (κ3) is 5.66. The van der Waals surface area contributed by atoms with E-state index in [0.29, 0.717) is 26.9 Å². The Morgan fingerprint density at radius 3 is 2.34 bits per heavy atom. The second kappa shape index (κ2) is 11.7. The zero-order valence-electron chi connectivity index (χ0n) is 23.9. The van der Waals surface area contributed by atoms with Gasteiger partial charge < -0.3 is 10.8 Å². The molecule has 3 heterocycles. The van der Waals surface area contributed by atoms with Crippen LogP contribution in [0.2, 0.25) is 5.02 Å². The standard InChI is InChI=1S/C29H29ClF4N8O2/c1-28(2,3)14-29(19-7-4-16(5-8-19)18-11-37-40(12-18)26(33)34)25(44)41(27(35)39-29)22(13-43)17-6-9-20(30)21(10-17)42-24(23(31)32)36-15-38-42/h4-12,15,22-23,26,43H,13-14H2,1-3H3,(H2,35,39)/t22-,29-/m1/s1. The minimum absolute atomic E-state index is 0.0734. The molecular weight excluding hydrogens is 604 g/mol. The summed E-state index contributed by atoms with van der Waals surface area (Å²) in [5, 5.41) is 18.2. The number of carbonyl (C=O) groups excluding carboxylic acids is 1. The molecule has 1 aliphatic rings. The molecule has 0 fully saturated rings. The van der Waals surface area contributed by atoms with Gasteiger partial charge in [0.1, 0.15) is 6.33 Å². The zero-order valence-corrected chi connectivity index (χ0v) is 24.6. The van der Waals surface area contributed by atoms with Gasteiger partial charge in [-0.15, -0.1) is 0 Å². The Kier molecular flexibility index (Phi) is 8.25. The first kappa shape index (κ1) is 31.1. The number of benzene rings is 2. The van der Waals surface area contributed by atoms with Crippen molar-refractivity contribution in [3.8, 4) is 16.8 Å². The second-order valence-electron chi connectivity index (χ2n) is 11.5. The number of aliphatic hydroxyl groups excluding tert-OH is 1. The molecule has 4 aromatic rings. The van der Waals surface area contributed by atoms with Crippen LogP contribution in [0.15, 0.2) is 66.2 Å². The van der Waals surface area contributed by atoms with Gasteiger partial charge in [0.25, 0.3) is 12.3 Å². The van der Waals surface area contributed by atoms with Crippen molar-refractivity contribution in [1.82, 2.24) is 29.4 Å². The van der Waals surface area contributed by atoms with E-state index in [9.17, 15) is 27.5 Å². The number of amides is 1. The minimum atomic E-state index is -2.93. The van der Waals surface area contributed by atoms with Crippen molar-refractivity contribution in [2.45, 2.75) is 51.7 Å². The summed E-state index contributed by atoms with van der Waals surface area (Å²) in [6.45, 7) is 2.46. The highest BCUT2D eigenvalue weighted by atomic mass is 35.5. The third-order valence-corrected chi connectivity index (χ3v) is 7.56. The molecule has 0 unspecified atom stereocenters. The van der Waals surface area contributed by atoms with Crippen LogP contribution >= 0.6 is 11.6 Å². The van der Waals surface area contributed by atoms with Crippen LogP contribution in [0.1, 0.15) is 63.2 Å². The van der Waals surface area contributed by atoms with E-state index in [1.807, 2.05) is 20.8 Å². The zero-order chi connectivity index (χ0) is 32.0. The number of alkyl halides is 4. The van der Waals surface area contributed by atoms with E-state index in [1.165, 1.54) is 29.4 Å². The van der Waals surface area contributed by atoms with Crippen LogP contribution in [-0.2, 0) is 10.3 Å². The van der Waals surface area contributed by atoms with Crippen molar-refractivity contribution in [3.63, 3.8) is 0 Å². The first-order valence-corrected chi connectivity index (χ1v) is 13.8. The van der Waals surface area contributed by atoms with Crippen LogP contribution in [0.25, 0.3) is 16.8 Å². The molecule has 10 nitrogen and oxygen atoms in total. The molecule has 2 aromatic heterocycles. The van der Waals surface area contributed by atoms with E-state index < -0.39 is 48.3 Å². The Morgan fingerprint density at radius 1 is 1.05 bits per heavy atom. The minimum Gasteiger partial charge on any atom is -0.394 e. The summed E-state index contributed by atoms with van der Waals surface area (Å²) in [5.41, 5.74) is 6.48. The maximum Gasteiger partial charge on any atom is 0.333 e. The first-order valence-electron chi connectivity index (χ1n) is 13.5. The Balaban J connectivity index is 1.54. The van der Waals surface area contributed by atoms with Gasteiger partial charge in [0.15, 0.2) is 17.3 Å². The van der Waals surface area contributed by atoms with Crippen LogP contribution in [-0.4, -0.2) is 53.0 Å². The van der Waals surface area contributed by atoms with Gasteiger partial charge in [0.2, 0.25) is 0 Å². The summed E-state index contributed by atoms with van der Waals surface area (Å²) >= 11 is 6.33. The van der Waals surface area contributed by atoms with E-state index in [1.54, 1.807) is 30.3 Å². The average Bonchev–Trinajstić information content (AvgIpc) is 3.70. The van der Waals surface area contributed by atoms with Gasteiger partial charge >= 0.3 is 6.55 Å². The lowest BCUT2D eigenvalue weighted by molar-refractivity contribution is -0.135. The molecular formula is C29H29ClF4N8O2. The van der Waals surface area contributed by atoms with Crippen molar-refractivity contribution in [2.75, 3.05) is 6.61 Å². The molecule has 1 aliphatic heterocycles. The molecule has 0 saturated heterocycles. The monoisotopic (exact) mass is 632 g/mol. The van der Waals surface area contributed by atoms with Gasteiger partial charge in [-0.2, -0.15) is 19.0 Å². The highest BCUT2D eigenvalue weighted by Gasteiger charge is 2.53. The Labute approximate surface area is 254 Å². The number of carbonyl (C=O) groups is 1. The maximum atomic E-state index is 14.4. The van der Waals surface area contributed by atoms with E-state index in [2.05, 4.69) is 20.2 Å². The predicted molar refractivity (Wildman–Crippen MR) is 154 cm³/mol. The van der Waals surface area contributed by atoms with Gasteiger partial charge in [-0.25, -0.2) is 28.1 Å². The molecule has 0 bridgehead atoms. The SMILES string of the molecule is CC(C)(C)C[C@]1(c2ccc(-c3cnn(C(F)F)c3)cc2)N=C(N)N([C@H](CO)c2ccc(Cl)c(-n3ncnc3C(F)F)c2)C1=O. The van der Waals surface area contributed by atoms with Gasteiger partial charge in [0, 0.05) is 11.8 Å². The molecule has 232 valence electrons. The molecule has 0 aliphatic carbocycles. The normalized spacial score (nSPS) is 18.0. The lowest BCUT2D eigenvalue weighted by Crippen LogP contribution is -2.47. The van der Waals surface area contributed by atoms with Crippen molar-refractivity contribution < 1.29 is 27.5 Å². The van der Waals surface area contributed by atoms with Crippen LogP contribution in [0.3, 0.4) is 0 Å². The van der Waals surface area contributed by atoms with Crippen LogP contribution in [0.4, 0.5) is 17.6 Å². The largest absolute Gasteiger partial charge is 0.394 e. The van der Waals surface area contributed by atoms with Crippen molar-refractivity contribution >= 4 is 23.5 Å². The lowest BCUT2D eigenvalue weighted by Gasteiger charge is -2.34. The van der Waals surface area contributed by atoms with Gasteiger partial charge in [0.05, 0.1) is 29.6 Å². The summed E-state index contributed by atoms with van der Waals surface area (Å²) in [6.07, 6.45) is 0.817. The Bertz CT molecular complexity index is 1700. The summed E-state index contributed by atoms with van der Waals surface area (Å²) in [5.74, 6) is -1.28. The lowest BCUT2D eigenvalue weighted by atomic mass is 9.75. The average molecular weight is 633 g/mol. The van der Waals surface area contributed by atoms with Crippen molar-refractivity contribution in [1.29, 1.82) is 0 Å². The molecule has 0 saturated carbocycles. The molecule has 0 radical (unpaired) electrons. The van der Waals surface area contributed by atoms with Crippen molar-refractivity contribution in [3.05, 3.63) is 83.2 Å². The number of hydrogen-bond acceptors (Lipinski definition) is 7. The Hall–Kier alpha value is -4.30. The quantitative estimate of drug-likeness (QED) is 0.230.